The van der Waals surface area contributed by atoms with Crippen molar-refractivity contribution in [3.63, 3.8) is 0 Å². The van der Waals surface area contributed by atoms with Crippen LogP contribution in [-0.2, 0) is 4.74 Å². The van der Waals surface area contributed by atoms with Crippen LogP contribution in [-0.4, -0.2) is 18.3 Å². The van der Waals surface area contributed by atoms with Gasteiger partial charge in [0, 0.05) is 0 Å². The number of hydrogen-bond acceptors (Lipinski definition) is 2. The highest BCUT2D eigenvalue weighted by atomic mass is 19.3. The number of hydrogen-bond donors (Lipinski definition) is 1. The molecule has 0 aliphatic carbocycles. The molecule has 1 atom stereocenters. The van der Waals surface area contributed by atoms with E-state index in [9.17, 15) is 13.9 Å². The Morgan fingerprint density at radius 1 is 1.23 bits per heavy atom. The third-order valence-corrected chi connectivity index (χ3v) is 1.56. The van der Waals surface area contributed by atoms with Crippen molar-refractivity contribution in [1.82, 2.24) is 0 Å². The molecule has 0 fully saturated rings. The molecule has 2 nitrogen and oxygen atoms in total. The third kappa shape index (κ3) is 3.48. The van der Waals surface area contributed by atoms with Crippen molar-refractivity contribution in [2.45, 2.75) is 12.7 Å². The largest absolute Gasteiger partial charge is 0.386 e. The fourth-order valence-corrected chi connectivity index (χ4v) is 0.935. The maximum atomic E-state index is 11.6. The summed E-state index contributed by atoms with van der Waals surface area (Å²) in [5.74, 6) is 0. The first kappa shape index (κ1) is 10.1. The van der Waals surface area contributed by atoms with E-state index in [0.29, 0.717) is 5.56 Å². The number of rotatable bonds is 4. The Bertz CT molecular complexity index is 239. The van der Waals surface area contributed by atoms with Gasteiger partial charge in [-0.1, -0.05) is 30.3 Å². The van der Waals surface area contributed by atoms with E-state index >= 15 is 0 Å². The minimum atomic E-state index is -2.83. The number of halogens is 2. The molecule has 0 heterocycles. The highest BCUT2D eigenvalue weighted by Gasteiger charge is 2.10. The van der Waals surface area contributed by atoms with Crippen LogP contribution in [0.5, 0.6) is 0 Å². The van der Waals surface area contributed by atoms with E-state index in [2.05, 4.69) is 4.74 Å². The second-order valence-electron chi connectivity index (χ2n) is 2.52. The Morgan fingerprint density at radius 3 is 2.38 bits per heavy atom. The Balaban J connectivity index is 2.44. The number of alkyl halides is 2. The predicted molar refractivity (Wildman–Crippen MR) is 43.4 cm³/mol. The van der Waals surface area contributed by atoms with Crippen molar-refractivity contribution in [3.8, 4) is 0 Å². The van der Waals surface area contributed by atoms with Crippen LogP contribution < -0.4 is 0 Å². The van der Waals surface area contributed by atoms with Crippen LogP contribution in [0.4, 0.5) is 8.78 Å². The van der Waals surface area contributed by atoms with Crippen LogP contribution in [0.1, 0.15) is 11.7 Å². The van der Waals surface area contributed by atoms with Gasteiger partial charge < -0.3 is 9.84 Å². The predicted octanol–water partition coefficient (Wildman–Crippen LogP) is 1.96. The molecule has 0 amide bonds. The zero-order chi connectivity index (χ0) is 9.68. The first-order chi connectivity index (χ1) is 6.20. The third-order valence-electron chi connectivity index (χ3n) is 1.56. The van der Waals surface area contributed by atoms with Crippen LogP contribution in [0.15, 0.2) is 30.3 Å². The monoisotopic (exact) mass is 188 g/mol. The van der Waals surface area contributed by atoms with Gasteiger partial charge in [0.15, 0.2) is 0 Å². The van der Waals surface area contributed by atoms with E-state index in [-0.39, 0.29) is 6.61 Å². The van der Waals surface area contributed by atoms with Gasteiger partial charge in [-0.2, -0.15) is 8.78 Å². The Kier molecular flexibility index (Phi) is 3.79. The Hall–Kier alpha value is -1.00. The topological polar surface area (TPSA) is 29.5 Å². The molecule has 13 heavy (non-hydrogen) atoms. The molecule has 1 rings (SSSR count). The van der Waals surface area contributed by atoms with E-state index in [1.807, 2.05) is 0 Å². The molecule has 72 valence electrons. The van der Waals surface area contributed by atoms with Crippen molar-refractivity contribution in [1.29, 1.82) is 0 Å². The SMILES string of the molecule is OC(COC(F)F)c1ccccc1. The minimum Gasteiger partial charge on any atom is -0.386 e. The van der Waals surface area contributed by atoms with Gasteiger partial charge in [0.05, 0.1) is 6.61 Å². The summed E-state index contributed by atoms with van der Waals surface area (Å²) in [6.07, 6.45) is -0.991. The van der Waals surface area contributed by atoms with Crippen molar-refractivity contribution < 1.29 is 18.6 Å². The fraction of sp³-hybridized carbons (Fsp3) is 0.333. The van der Waals surface area contributed by atoms with E-state index in [1.165, 1.54) is 0 Å². The summed E-state index contributed by atoms with van der Waals surface area (Å²) >= 11 is 0. The van der Waals surface area contributed by atoms with E-state index < -0.39 is 12.7 Å². The Morgan fingerprint density at radius 2 is 1.85 bits per heavy atom. The van der Waals surface area contributed by atoms with Crippen molar-refractivity contribution in [2.24, 2.45) is 0 Å². The number of aliphatic hydroxyl groups is 1. The lowest BCUT2D eigenvalue weighted by atomic mass is 10.1. The molecule has 0 bridgehead atoms. The lowest BCUT2D eigenvalue weighted by Gasteiger charge is -2.10. The summed E-state index contributed by atoms with van der Waals surface area (Å²) in [5, 5.41) is 9.31. The maximum absolute atomic E-state index is 11.6. The lowest BCUT2D eigenvalue weighted by Crippen LogP contribution is -2.10. The summed E-state index contributed by atoms with van der Waals surface area (Å²) in [5.41, 5.74) is 0.572. The molecule has 0 radical (unpaired) electrons. The van der Waals surface area contributed by atoms with Crippen LogP contribution in [0.2, 0.25) is 0 Å². The van der Waals surface area contributed by atoms with Crippen molar-refractivity contribution >= 4 is 0 Å². The molecular weight excluding hydrogens is 178 g/mol. The molecule has 4 heteroatoms. The minimum absolute atomic E-state index is 0.387. The van der Waals surface area contributed by atoms with Gasteiger partial charge in [0.2, 0.25) is 0 Å². The quantitative estimate of drug-likeness (QED) is 0.782. The smallest absolute Gasteiger partial charge is 0.345 e. The second kappa shape index (κ2) is 4.89. The maximum Gasteiger partial charge on any atom is 0.345 e. The zero-order valence-corrected chi connectivity index (χ0v) is 6.86. The van der Waals surface area contributed by atoms with E-state index in [0.717, 1.165) is 0 Å². The standard InChI is InChI=1S/C9H10F2O2/c10-9(11)13-6-8(12)7-4-2-1-3-5-7/h1-5,8-9,12H,6H2. The summed E-state index contributed by atoms with van der Waals surface area (Å²) in [6, 6.07) is 8.53. The van der Waals surface area contributed by atoms with Crippen molar-refractivity contribution in [2.75, 3.05) is 6.61 Å². The number of benzene rings is 1. The molecule has 0 spiro atoms. The summed E-state index contributed by atoms with van der Waals surface area (Å²) in [4.78, 5) is 0. The molecule has 0 saturated heterocycles. The lowest BCUT2D eigenvalue weighted by molar-refractivity contribution is -0.148. The molecule has 0 saturated carbocycles. The second-order valence-corrected chi connectivity index (χ2v) is 2.52. The first-order valence-corrected chi connectivity index (χ1v) is 3.83. The molecule has 0 aliphatic rings. The normalized spacial score (nSPS) is 13.2. The summed E-state index contributed by atoms with van der Waals surface area (Å²) < 4.78 is 27.1. The van der Waals surface area contributed by atoms with Crippen LogP contribution in [0, 0.1) is 0 Å². The average molecular weight is 188 g/mol. The zero-order valence-electron chi connectivity index (χ0n) is 6.86. The van der Waals surface area contributed by atoms with Gasteiger partial charge in [0.1, 0.15) is 6.10 Å². The number of aliphatic hydroxyl groups excluding tert-OH is 1. The first-order valence-electron chi connectivity index (χ1n) is 3.83. The van der Waals surface area contributed by atoms with Crippen LogP contribution in [0.25, 0.3) is 0 Å². The van der Waals surface area contributed by atoms with E-state index in [1.54, 1.807) is 30.3 Å². The van der Waals surface area contributed by atoms with Crippen LogP contribution >= 0.6 is 0 Å². The molecule has 1 aromatic rings. The van der Waals surface area contributed by atoms with Crippen molar-refractivity contribution in [3.05, 3.63) is 35.9 Å². The Labute approximate surface area is 74.8 Å². The molecule has 0 aromatic heterocycles. The van der Waals surface area contributed by atoms with Gasteiger partial charge in [-0.3, -0.25) is 0 Å². The van der Waals surface area contributed by atoms with Gasteiger partial charge in [-0.25, -0.2) is 0 Å². The van der Waals surface area contributed by atoms with Gasteiger partial charge in [-0.05, 0) is 5.56 Å². The molecule has 0 aliphatic heterocycles. The molecule has 1 unspecified atom stereocenters. The van der Waals surface area contributed by atoms with Gasteiger partial charge in [0.25, 0.3) is 0 Å². The summed E-state index contributed by atoms with van der Waals surface area (Å²) in [6.45, 7) is -3.22. The molecule has 1 aromatic carbocycles. The highest BCUT2D eigenvalue weighted by molar-refractivity contribution is 5.17. The number of ether oxygens (including phenoxy) is 1. The molecular formula is C9H10F2O2. The molecule has 1 N–H and O–H groups in total. The summed E-state index contributed by atoms with van der Waals surface area (Å²) in [7, 11) is 0. The van der Waals surface area contributed by atoms with Gasteiger partial charge >= 0.3 is 6.61 Å². The van der Waals surface area contributed by atoms with E-state index in [4.69, 9.17) is 0 Å². The van der Waals surface area contributed by atoms with Gasteiger partial charge in [-0.15, -0.1) is 0 Å². The fourth-order valence-electron chi connectivity index (χ4n) is 0.935. The van der Waals surface area contributed by atoms with Crippen LogP contribution in [0.3, 0.4) is 0 Å². The average Bonchev–Trinajstić information content (AvgIpc) is 2.15. The highest BCUT2D eigenvalue weighted by Crippen LogP contribution is 2.13.